The Bertz CT molecular complexity index is 179. The summed E-state index contributed by atoms with van der Waals surface area (Å²) in [5.41, 5.74) is 0. The third-order valence-electron chi connectivity index (χ3n) is 1.05. The second-order valence-corrected chi connectivity index (χ2v) is 6.40. The first-order valence-electron chi connectivity index (χ1n) is 2.84. The predicted octanol–water partition coefficient (Wildman–Crippen LogP) is 0.798. The number of ether oxygens (including phenoxy) is 1. The molecule has 0 aromatic rings. The van der Waals surface area contributed by atoms with Crippen molar-refractivity contribution in [2.75, 3.05) is 7.11 Å². The van der Waals surface area contributed by atoms with E-state index in [1.807, 2.05) is 4.97 Å². The van der Waals surface area contributed by atoms with Crippen LogP contribution in [0.1, 0.15) is 6.92 Å². The zero-order valence-corrected chi connectivity index (χ0v) is 8.32. The van der Waals surface area contributed by atoms with E-state index in [2.05, 4.69) is 11.7 Å². The van der Waals surface area contributed by atoms with Crippen LogP contribution < -0.4 is 0 Å². The number of thioether (sulfide) groups is 1. The van der Waals surface area contributed by atoms with Gasteiger partial charge in [-0.25, -0.2) is 0 Å². The van der Waals surface area contributed by atoms with Gasteiger partial charge in [-0.2, -0.15) is 0 Å². The van der Waals surface area contributed by atoms with Crippen LogP contribution in [-0.2, 0) is 9.53 Å². The van der Waals surface area contributed by atoms with Crippen molar-refractivity contribution in [1.82, 2.24) is 0 Å². The first-order valence-corrected chi connectivity index (χ1v) is 5.70. The molecule has 0 amide bonds. The van der Waals surface area contributed by atoms with Crippen molar-refractivity contribution in [3.63, 3.8) is 0 Å². The zero-order valence-electron chi connectivity index (χ0n) is 5.79. The van der Waals surface area contributed by atoms with Crippen LogP contribution in [0.2, 0.25) is 0 Å². The molecule has 1 atom stereocenters. The fourth-order valence-electron chi connectivity index (χ4n) is 0.589. The summed E-state index contributed by atoms with van der Waals surface area (Å²) in [7, 11) is 1.42. The van der Waals surface area contributed by atoms with Gasteiger partial charge >= 0.3 is 70.3 Å². The van der Waals surface area contributed by atoms with Gasteiger partial charge < -0.3 is 0 Å². The molecule has 1 rings (SSSR count). The quantitative estimate of drug-likeness (QED) is 0.486. The second kappa shape index (κ2) is 3.46. The Morgan fingerprint density at radius 3 is 3.00 bits per heavy atom. The summed E-state index contributed by atoms with van der Waals surface area (Å²) in [6.45, 7) is 2.12. The molecule has 1 aliphatic rings. The van der Waals surface area contributed by atoms with Gasteiger partial charge in [0.05, 0.1) is 0 Å². The first-order chi connectivity index (χ1) is 4.74. The van der Waals surface area contributed by atoms with E-state index < -0.39 is 0 Å². The first kappa shape index (κ1) is 8.18. The number of carbonyl (C=O) groups excluding carboxylic acids is 1. The number of methoxy groups -OCH3 is 1. The van der Waals surface area contributed by atoms with Gasteiger partial charge in [0.1, 0.15) is 0 Å². The maximum atomic E-state index is 10.9. The number of hydrogen-bond acceptors (Lipinski definition) is 3. The summed E-state index contributed by atoms with van der Waals surface area (Å²) >= 11 is 2.09. The summed E-state index contributed by atoms with van der Waals surface area (Å²) < 4.78 is 5.16. The molecule has 0 saturated carbocycles. The van der Waals surface area contributed by atoms with Crippen LogP contribution in [0.3, 0.4) is 0 Å². The molecule has 1 heterocycles. The fraction of sp³-hybridized carbons (Fsp3) is 0.500. The topological polar surface area (TPSA) is 26.3 Å². The van der Waals surface area contributed by atoms with Gasteiger partial charge in [0.15, 0.2) is 0 Å². The van der Waals surface area contributed by atoms with Crippen LogP contribution in [0.25, 0.3) is 0 Å². The van der Waals surface area contributed by atoms with E-state index in [9.17, 15) is 4.79 Å². The Morgan fingerprint density at radius 1 is 1.90 bits per heavy atom. The molecular formula is C6H8O2SSe. The normalized spacial score (nSPS) is 24.2. The van der Waals surface area contributed by atoms with Crippen molar-refractivity contribution in [1.29, 1.82) is 0 Å². The van der Waals surface area contributed by atoms with Gasteiger partial charge in [-0.3, -0.25) is 0 Å². The summed E-state index contributed by atoms with van der Waals surface area (Å²) in [5.74, 6) is -0.184. The molecular weight excluding hydrogens is 215 g/mol. The summed E-state index contributed by atoms with van der Waals surface area (Å²) in [6.07, 6.45) is 0. The van der Waals surface area contributed by atoms with Gasteiger partial charge in [0, 0.05) is 0 Å². The van der Waals surface area contributed by atoms with E-state index in [0.29, 0.717) is 19.1 Å². The average molecular weight is 223 g/mol. The van der Waals surface area contributed by atoms with Crippen LogP contribution in [0.5, 0.6) is 0 Å². The molecule has 0 aromatic carbocycles. The van der Waals surface area contributed by atoms with Gasteiger partial charge in [0.25, 0.3) is 0 Å². The van der Waals surface area contributed by atoms with Crippen molar-refractivity contribution in [2.24, 2.45) is 0 Å². The molecule has 0 N–H and O–H groups in total. The molecule has 1 aliphatic heterocycles. The fourth-order valence-corrected chi connectivity index (χ4v) is 4.03. The molecule has 0 radical (unpaired) electrons. The zero-order chi connectivity index (χ0) is 7.56. The van der Waals surface area contributed by atoms with Crippen molar-refractivity contribution < 1.29 is 9.53 Å². The summed E-state index contributed by atoms with van der Waals surface area (Å²) in [5, 5.41) is 0. The molecule has 0 spiro atoms. The van der Waals surface area contributed by atoms with Gasteiger partial charge in [-0.05, 0) is 0 Å². The monoisotopic (exact) mass is 224 g/mol. The Kier molecular flexibility index (Phi) is 2.83. The standard InChI is InChI=1S/C6H8O2SSe/c1-4-9-5(3-10-4)6(7)8-2/h3-4H,1-2H3. The molecule has 0 aliphatic carbocycles. The van der Waals surface area contributed by atoms with E-state index in [1.54, 1.807) is 11.8 Å². The molecule has 56 valence electrons. The van der Waals surface area contributed by atoms with E-state index in [4.69, 9.17) is 0 Å². The van der Waals surface area contributed by atoms with Crippen LogP contribution in [-0.4, -0.2) is 32.2 Å². The molecule has 0 fully saturated rings. The molecule has 10 heavy (non-hydrogen) atoms. The molecule has 0 saturated heterocycles. The van der Waals surface area contributed by atoms with Crippen molar-refractivity contribution in [3.8, 4) is 0 Å². The van der Waals surface area contributed by atoms with Gasteiger partial charge in [-0.1, -0.05) is 0 Å². The molecule has 4 heteroatoms. The maximum absolute atomic E-state index is 10.9. The van der Waals surface area contributed by atoms with Crippen LogP contribution in [0.15, 0.2) is 9.88 Å². The Balaban J connectivity index is 2.51. The minimum absolute atomic E-state index is 0.184. The number of esters is 1. The number of rotatable bonds is 1. The number of hydrogen-bond donors (Lipinski definition) is 0. The predicted molar refractivity (Wildman–Crippen MR) is 42.9 cm³/mol. The van der Waals surface area contributed by atoms with Crippen LogP contribution >= 0.6 is 11.8 Å². The minimum atomic E-state index is -0.184. The Hall–Kier alpha value is 0.0795. The molecule has 2 nitrogen and oxygen atoms in total. The van der Waals surface area contributed by atoms with Crippen LogP contribution in [0, 0.1) is 0 Å². The third kappa shape index (κ3) is 1.78. The number of carbonyl (C=O) groups is 1. The van der Waals surface area contributed by atoms with Gasteiger partial charge in [-0.15, -0.1) is 0 Å². The average Bonchev–Trinajstić information content (AvgIpc) is 2.34. The Labute approximate surface area is 70.5 Å². The Morgan fingerprint density at radius 2 is 2.60 bits per heavy atom. The third-order valence-corrected chi connectivity index (χ3v) is 5.02. The van der Waals surface area contributed by atoms with E-state index in [0.717, 1.165) is 4.91 Å². The van der Waals surface area contributed by atoms with E-state index >= 15 is 0 Å². The van der Waals surface area contributed by atoms with Crippen molar-refractivity contribution in [3.05, 3.63) is 9.88 Å². The van der Waals surface area contributed by atoms with Crippen molar-refractivity contribution >= 4 is 32.7 Å². The van der Waals surface area contributed by atoms with E-state index in [-0.39, 0.29) is 5.97 Å². The SMILES string of the molecule is COC(=O)C1=C[Se]C(C)S1. The van der Waals surface area contributed by atoms with E-state index in [1.165, 1.54) is 7.11 Å². The summed E-state index contributed by atoms with van der Waals surface area (Å²) in [4.78, 5) is 13.6. The second-order valence-electron chi connectivity index (χ2n) is 1.80. The van der Waals surface area contributed by atoms with Gasteiger partial charge in [0.2, 0.25) is 0 Å². The molecule has 0 aromatic heterocycles. The van der Waals surface area contributed by atoms with Crippen LogP contribution in [0.4, 0.5) is 0 Å². The molecule has 1 unspecified atom stereocenters. The summed E-state index contributed by atoms with van der Waals surface area (Å²) in [6, 6.07) is 0. The molecule has 0 bridgehead atoms. The van der Waals surface area contributed by atoms with Crippen molar-refractivity contribution in [2.45, 2.75) is 11.1 Å².